The number of aromatic nitrogens is 2. The number of imidazole rings is 1. The highest BCUT2D eigenvalue weighted by atomic mass is 31.2. The summed E-state index contributed by atoms with van der Waals surface area (Å²) in [6.07, 6.45) is 1.27. The number of ether oxygens (including phenoxy) is 1. The van der Waals surface area contributed by atoms with Gasteiger partial charge in [-0.05, 0) is 12.1 Å². The number of rotatable bonds is 5. The van der Waals surface area contributed by atoms with Gasteiger partial charge in [0.25, 0.3) is 0 Å². The van der Waals surface area contributed by atoms with E-state index in [1.54, 1.807) is 18.2 Å². The zero-order valence-electron chi connectivity index (χ0n) is 10.9. The third-order valence-corrected chi connectivity index (χ3v) is 6.65. The third-order valence-electron chi connectivity index (χ3n) is 2.96. The van der Waals surface area contributed by atoms with E-state index in [2.05, 4.69) is 4.98 Å². The molecule has 1 heterocycles. The molecule has 0 unspecified atom stereocenters. The number of fused-ring (bicyclic) bond motifs is 1. The largest absolute Gasteiger partial charge is 0.497 e. The van der Waals surface area contributed by atoms with E-state index in [4.69, 9.17) is 24.3 Å². The Hall–Kier alpha value is -1.21. The first-order valence-electron chi connectivity index (χ1n) is 5.72. The third kappa shape index (κ3) is 3.52. The summed E-state index contributed by atoms with van der Waals surface area (Å²) >= 11 is 0. The van der Waals surface area contributed by atoms with Crippen LogP contribution in [0.1, 0.15) is 0 Å². The maximum Gasteiger partial charge on any atom is 0.342 e. The summed E-state index contributed by atoms with van der Waals surface area (Å²) in [5, 5.41) is -2.11. The van der Waals surface area contributed by atoms with Crippen LogP contribution in [0.3, 0.4) is 0 Å². The topological polar surface area (TPSA) is 142 Å². The monoisotopic (exact) mass is 336 g/mol. The molecule has 0 atom stereocenters. The van der Waals surface area contributed by atoms with Crippen molar-refractivity contribution in [3.63, 3.8) is 0 Å². The number of hydrogen-bond donors (Lipinski definition) is 4. The van der Waals surface area contributed by atoms with Crippen LogP contribution < -0.4 is 4.74 Å². The summed E-state index contributed by atoms with van der Waals surface area (Å²) in [5.41, 5.74) is 0.979. The second kappa shape index (κ2) is 5.53. The van der Waals surface area contributed by atoms with E-state index in [1.807, 2.05) is 0 Å². The lowest BCUT2D eigenvalue weighted by molar-refractivity contribution is 0.332. The molecule has 116 valence electrons. The van der Waals surface area contributed by atoms with Gasteiger partial charge in [0.2, 0.25) is 0 Å². The summed E-state index contributed by atoms with van der Waals surface area (Å²) in [5.74, 6) is 0.550. The number of benzene rings is 1. The van der Waals surface area contributed by atoms with E-state index in [0.29, 0.717) is 16.8 Å². The Labute approximate surface area is 119 Å². The van der Waals surface area contributed by atoms with Gasteiger partial charge in [-0.1, -0.05) is 0 Å². The van der Waals surface area contributed by atoms with Crippen LogP contribution in [0.15, 0.2) is 24.5 Å². The molecule has 0 bridgehead atoms. The SMILES string of the molecule is COc1ccc2c(c1)ncn2CC(P(=O)(O)O)P(=O)(O)O. The molecule has 4 N–H and O–H groups in total. The molecule has 0 radical (unpaired) electrons. The Bertz CT molecular complexity index is 725. The molecule has 0 spiro atoms. The lowest BCUT2D eigenvalue weighted by Gasteiger charge is -2.20. The van der Waals surface area contributed by atoms with Gasteiger partial charge in [-0.3, -0.25) is 9.13 Å². The van der Waals surface area contributed by atoms with Crippen LogP contribution in [0.25, 0.3) is 11.0 Å². The van der Waals surface area contributed by atoms with Gasteiger partial charge in [-0.15, -0.1) is 0 Å². The molecule has 0 fully saturated rings. The Morgan fingerprint density at radius 2 is 1.86 bits per heavy atom. The molecule has 2 rings (SSSR count). The Balaban J connectivity index is 2.43. The zero-order chi connectivity index (χ0) is 15.8. The molecule has 0 saturated heterocycles. The van der Waals surface area contributed by atoms with Crippen molar-refractivity contribution >= 4 is 26.2 Å². The molecule has 1 aromatic heterocycles. The highest BCUT2D eigenvalue weighted by Crippen LogP contribution is 2.60. The molecule has 11 heteroatoms. The maximum absolute atomic E-state index is 11.3. The van der Waals surface area contributed by atoms with Crippen LogP contribution in [0.5, 0.6) is 5.75 Å². The molecule has 21 heavy (non-hydrogen) atoms. The minimum absolute atomic E-state index is 0.489. The second-order valence-electron chi connectivity index (χ2n) is 4.41. The van der Waals surface area contributed by atoms with Crippen LogP contribution >= 0.6 is 15.2 Å². The summed E-state index contributed by atoms with van der Waals surface area (Å²) in [6, 6.07) is 4.82. The van der Waals surface area contributed by atoms with Crippen molar-refractivity contribution in [2.75, 3.05) is 7.11 Å². The van der Waals surface area contributed by atoms with Crippen LogP contribution in [0.4, 0.5) is 0 Å². The van der Waals surface area contributed by atoms with Crippen molar-refractivity contribution in [1.82, 2.24) is 9.55 Å². The van der Waals surface area contributed by atoms with E-state index in [-0.39, 0.29) is 0 Å². The van der Waals surface area contributed by atoms with Gasteiger partial charge >= 0.3 is 15.2 Å². The first-order chi connectivity index (χ1) is 9.63. The van der Waals surface area contributed by atoms with Crippen molar-refractivity contribution < 1.29 is 33.4 Å². The predicted octanol–water partition coefficient (Wildman–Crippen LogP) is 0.726. The van der Waals surface area contributed by atoms with Gasteiger partial charge in [0.1, 0.15) is 5.75 Å². The summed E-state index contributed by atoms with van der Waals surface area (Å²) in [7, 11) is -8.45. The fraction of sp³-hybridized carbons (Fsp3) is 0.300. The average molecular weight is 336 g/mol. The van der Waals surface area contributed by atoms with Crippen molar-refractivity contribution in [2.24, 2.45) is 0 Å². The first kappa shape index (κ1) is 16.2. The van der Waals surface area contributed by atoms with E-state index >= 15 is 0 Å². The predicted molar refractivity (Wildman–Crippen MR) is 74.2 cm³/mol. The Kier molecular flexibility index (Phi) is 4.26. The van der Waals surface area contributed by atoms with Gasteiger partial charge in [0.05, 0.1) is 24.5 Å². The van der Waals surface area contributed by atoms with Crippen LogP contribution in [0, 0.1) is 0 Å². The van der Waals surface area contributed by atoms with Crippen molar-refractivity contribution in [2.45, 2.75) is 11.9 Å². The molecule has 9 nitrogen and oxygen atoms in total. The molecule has 0 amide bonds. The lowest BCUT2D eigenvalue weighted by atomic mass is 10.3. The summed E-state index contributed by atoms with van der Waals surface area (Å²) < 4.78 is 28.9. The molecule has 0 aliphatic heterocycles. The summed E-state index contributed by atoms with van der Waals surface area (Å²) in [6.45, 7) is -0.544. The molecule has 0 aliphatic carbocycles. The number of nitrogens with zero attached hydrogens (tertiary/aromatic N) is 2. The van der Waals surface area contributed by atoms with Crippen molar-refractivity contribution in [3.8, 4) is 5.75 Å². The molecule has 2 aromatic rings. The number of methoxy groups -OCH3 is 1. The fourth-order valence-electron chi connectivity index (χ4n) is 1.90. The molecule has 0 saturated carbocycles. The smallest absolute Gasteiger partial charge is 0.342 e. The second-order valence-corrected chi connectivity index (χ2v) is 8.42. The zero-order valence-corrected chi connectivity index (χ0v) is 12.7. The van der Waals surface area contributed by atoms with E-state index in [1.165, 1.54) is 18.0 Å². The summed E-state index contributed by atoms with van der Waals surface area (Å²) in [4.78, 5) is 40.5. The minimum atomic E-state index is -4.97. The van der Waals surface area contributed by atoms with Gasteiger partial charge in [-0.2, -0.15) is 0 Å². The molecule has 0 aliphatic rings. The quantitative estimate of drug-likeness (QED) is 0.585. The fourth-order valence-corrected chi connectivity index (χ4v) is 4.25. The highest BCUT2D eigenvalue weighted by molar-refractivity contribution is 7.70. The van der Waals surface area contributed by atoms with Crippen LogP contribution in [0.2, 0.25) is 0 Å². The van der Waals surface area contributed by atoms with E-state index in [0.717, 1.165) is 0 Å². The first-order valence-corrected chi connectivity index (χ1v) is 9.08. The van der Waals surface area contributed by atoms with E-state index in [9.17, 15) is 9.13 Å². The van der Waals surface area contributed by atoms with Crippen LogP contribution in [-0.2, 0) is 15.7 Å². The van der Waals surface area contributed by atoms with Gasteiger partial charge in [0, 0.05) is 12.6 Å². The number of hydrogen-bond acceptors (Lipinski definition) is 4. The van der Waals surface area contributed by atoms with Crippen LogP contribution in [-0.4, -0.2) is 41.6 Å². The molecule has 1 aromatic carbocycles. The van der Waals surface area contributed by atoms with Crippen molar-refractivity contribution in [3.05, 3.63) is 24.5 Å². The maximum atomic E-state index is 11.3. The van der Waals surface area contributed by atoms with Gasteiger partial charge < -0.3 is 28.9 Å². The average Bonchev–Trinajstić information content (AvgIpc) is 2.75. The Morgan fingerprint density at radius 1 is 1.24 bits per heavy atom. The van der Waals surface area contributed by atoms with Crippen molar-refractivity contribution in [1.29, 1.82) is 0 Å². The molecular weight excluding hydrogens is 322 g/mol. The van der Waals surface area contributed by atoms with Gasteiger partial charge in [0.15, 0.2) is 5.40 Å². The normalized spacial score (nSPS) is 13.0. The van der Waals surface area contributed by atoms with Gasteiger partial charge in [-0.25, -0.2) is 4.98 Å². The Morgan fingerprint density at radius 3 is 2.38 bits per heavy atom. The lowest BCUT2D eigenvalue weighted by Crippen LogP contribution is -2.16. The standard InChI is InChI=1S/C10H14N2O7P2/c1-19-7-2-3-9-8(4-7)11-6-12(9)5-10(20(13,14)15)21(16,17)18/h2-4,6,10H,5H2,1H3,(H2,13,14,15)(H2,16,17,18). The molecular formula is C10H14N2O7P2. The van der Waals surface area contributed by atoms with E-state index < -0.39 is 27.1 Å². The minimum Gasteiger partial charge on any atom is -0.497 e. The highest BCUT2D eigenvalue weighted by Gasteiger charge is 2.43.